The van der Waals surface area contributed by atoms with E-state index in [1.54, 1.807) is 6.07 Å². The molecule has 2 unspecified atom stereocenters. The molecule has 0 saturated heterocycles. The van der Waals surface area contributed by atoms with Gasteiger partial charge in [0.1, 0.15) is 11.6 Å². The second-order valence-electron chi connectivity index (χ2n) is 6.09. The van der Waals surface area contributed by atoms with E-state index in [1.807, 2.05) is 0 Å². The normalized spacial score (nSPS) is 22.6. The lowest BCUT2D eigenvalue weighted by Gasteiger charge is -2.37. The summed E-state index contributed by atoms with van der Waals surface area (Å²) in [5.41, 5.74) is 0.653. The predicted molar refractivity (Wildman–Crippen MR) is 74.0 cm³/mol. The Morgan fingerprint density at radius 1 is 1.21 bits per heavy atom. The summed E-state index contributed by atoms with van der Waals surface area (Å²) < 4.78 is 26.5. The van der Waals surface area contributed by atoms with Crippen molar-refractivity contribution in [1.82, 2.24) is 5.32 Å². The average molecular weight is 267 g/mol. The molecule has 1 nitrogen and oxygen atoms in total. The molecule has 1 saturated carbocycles. The van der Waals surface area contributed by atoms with Gasteiger partial charge in [-0.2, -0.15) is 0 Å². The molecule has 1 N–H and O–H groups in total. The molecule has 106 valence electrons. The fourth-order valence-corrected chi connectivity index (χ4v) is 2.70. The van der Waals surface area contributed by atoms with E-state index in [4.69, 9.17) is 0 Å². The van der Waals surface area contributed by atoms with Gasteiger partial charge in [0.15, 0.2) is 0 Å². The van der Waals surface area contributed by atoms with E-state index in [2.05, 4.69) is 19.2 Å². The van der Waals surface area contributed by atoms with Gasteiger partial charge in [-0.3, -0.25) is 0 Å². The lowest BCUT2D eigenvalue weighted by Crippen LogP contribution is -2.37. The summed E-state index contributed by atoms with van der Waals surface area (Å²) in [6, 6.07) is 3.92. The van der Waals surface area contributed by atoms with Gasteiger partial charge in [-0.15, -0.1) is 0 Å². The maximum absolute atomic E-state index is 13.6. The first-order valence-corrected chi connectivity index (χ1v) is 7.21. The summed E-state index contributed by atoms with van der Waals surface area (Å²) in [6.45, 7) is 6.44. The van der Waals surface area contributed by atoms with Crippen LogP contribution in [0.1, 0.15) is 32.3 Å². The van der Waals surface area contributed by atoms with E-state index in [1.165, 1.54) is 12.5 Å². The number of halogens is 2. The molecule has 1 aromatic carbocycles. The molecule has 0 aromatic heterocycles. The molecule has 1 aliphatic rings. The first-order valence-electron chi connectivity index (χ1n) is 7.21. The van der Waals surface area contributed by atoms with Gasteiger partial charge in [0.25, 0.3) is 0 Å². The fourth-order valence-electron chi connectivity index (χ4n) is 2.70. The van der Waals surface area contributed by atoms with E-state index >= 15 is 0 Å². The maximum atomic E-state index is 13.6. The van der Waals surface area contributed by atoms with Crippen LogP contribution in [0.15, 0.2) is 18.2 Å². The summed E-state index contributed by atoms with van der Waals surface area (Å²) in [5.74, 6) is 0.946. The van der Waals surface area contributed by atoms with Gasteiger partial charge >= 0.3 is 0 Å². The summed E-state index contributed by atoms with van der Waals surface area (Å²) in [5, 5.41) is 3.47. The van der Waals surface area contributed by atoms with E-state index in [9.17, 15) is 8.78 Å². The summed E-state index contributed by atoms with van der Waals surface area (Å²) in [7, 11) is 0. The number of nitrogens with one attached hydrogen (secondary N) is 1. The van der Waals surface area contributed by atoms with E-state index in [0.29, 0.717) is 23.3 Å². The van der Waals surface area contributed by atoms with Crippen LogP contribution in [0.5, 0.6) is 0 Å². The summed E-state index contributed by atoms with van der Waals surface area (Å²) >= 11 is 0. The molecule has 2 rings (SSSR count). The lowest BCUT2D eigenvalue weighted by atomic mass is 9.70. The van der Waals surface area contributed by atoms with E-state index in [-0.39, 0.29) is 0 Å². The molecule has 1 aliphatic carbocycles. The third kappa shape index (κ3) is 4.00. The zero-order chi connectivity index (χ0) is 13.8. The molecule has 1 aromatic rings. The van der Waals surface area contributed by atoms with Crippen LogP contribution in [-0.4, -0.2) is 13.1 Å². The highest BCUT2D eigenvalue weighted by Crippen LogP contribution is 2.36. The van der Waals surface area contributed by atoms with Crippen molar-refractivity contribution in [1.29, 1.82) is 0 Å². The molecule has 0 radical (unpaired) electrons. The Bertz CT molecular complexity index is 417. The highest BCUT2D eigenvalue weighted by molar-refractivity contribution is 5.19. The van der Waals surface area contributed by atoms with Gasteiger partial charge in [-0.05, 0) is 61.7 Å². The van der Waals surface area contributed by atoms with Crippen LogP contribution in [0.3, 0.4) is 0 Å². The summed E-state index contributed by atoms with van der Waals surface area (Å²) in [6.07, 6.45) is 3.11. The zero-order valence-corrected chi connectivity index (χ0v) is 11.8. The minimum Gasteiger partial charge on any atom is -0.316 e. The van der Waals surface area contributed by atoms with Gasteiger partial charge in [-0.25, -0.2) is 8.78 Å². The third-order valence-corrected chi connectivity index (χ3v) is 4.03. The van der Waals surface area contributed by atoms with Crippen LogP contribution >= 0.6 is 0 Å². The van der Waals surface area contributed by atoms with Gasteiger partial charge in [0.2, 0.25) is 0 Å². The largest absolute Gasteiger partial charge is 0.316 e. The Morgan fingerprint density at radius 3 is 2.53 bits per heavy atom. The van der Waals surface area contributed by atoms with Gasteiger partial charge < -0.3 is 5.32 Å². The van der Waals surface area contributed by atoms with Crippen LogP contribution in [0.25, 0.3) is 0 Å². The second-order valence-corrected chi connectivity index (χ2v) is 6.09. The van der Waals surface area contributed by atoms with E-state index < -0.39 is 11.6 Å². The quantitative estimate of drug-likeness (QED) is 0.827. The van der Waals surface area contributed by atoms with Crippen LogP contribution in [0, 0.1) is 29.4 Å². The second kappa shape index (κ2) is 6.47. The number of hydrogen-bond acceptors (Lipinski definition) is 1. The average Bonchev–Trinajstić information content (AvgIpc) is 2.32. The molecule has 0 amide bonds. The highest BCUT2D eigenvalue weighted by Gasteiger charge is 2.30. The molecule has 2 atom stereocenters. The maximum Gasteiger partial charge on any atom is 0.129 e. The van der Waals surface area contributed by atoms with Gasteiger partial charge in [0.05, 0.1) is 0 Å². The van der Waals surface area contributed by atoms with Crippen LogP contribution in [0.2, 0.25) is 0 Å². The summed E-state index contributed by atoms with van der Waals surface area (Å²) in [4.78, 5) is 0. The van der Waals surface area contributed by atoms with Crippen molar-refractivity contribution in [3.63, 3.8) is 0 Å². The molecule has 3 heteroatoms. The topological polar surface area (TPSA) is 12.0 Å². The molecule has 0 spiro atoms. The van der Waals surface area contributed by atoms with Crippen molar-refractivity contribution in [2.45, 2.75) is 33.1 Å². The Kier molecular flexibility index (Phi) is 4.92. The van der Waals surface area contributed by atoms with Crippen molar-refractivity contribution in [2.75, 3.05) is 13.1 Å². The third-order valence-electron chi connectivity index (χ3n) is 4.03. The first kappa shape index (κ1) is 14.4. The molecule has 19 heavy (non-hydrogen) atoms. The van der Waals surface area contributed by atoms with E-state index in [0.717, 1.165) is 32.0 Å². The fraction of sp³-hybridized carbons (Fsp3) is 0.625. The standard InChI is InChI=1S/C16H23F2N/c1-11(2)9-19-10-14-4-3-12(14)7-13-5-6-15(17)8-16(13)18/h5-6,8,11-12,14,19H,3-4,7,9-10H2,1-2H3. The molecule has 1 fully saturated rings. The smallest absolute Gasteiger partial charge is 0.129 e. The Balaban J connectivity index is 1.82. The lowest BCUT2D eigenvalue weighted by molar-refractivity contribution is 0.168. The molecular formula is C16H23F2N. The van der Waals surface area contributed by atoms with Crippen molar-refractivity contribution >= 4 is 0 Å². The first-order chi connectivity index (χ1) is 9.06. The minimum absolute atomic E-state index is 0.402. The minimum atomic E-state index is -0.495. The van der Waals surface area contributed by atoms with Crippen LogP contribution in [0.4, 0.5) is 8.78 Å². The van der Waals surface area contributed by atoms with Gasteiger partial charge in [0, 0.05) is 6.07 Å². The molecule has 0 aliphatic heterocycles. The Morgan fingerprint density at radius 2 is 1.95 bits per heavy atom. The van der Waals surface area contributed by atoms with Crippen molar-refractivity contribution in [3.8, 4) is 0 Å². The molecular weight excluding hydrogens is 244 g/mol. The molecule has 0 bridgehead atoms. The molecule has 0 heterocycles. The predicted octanol–water partition coefficient (Wildman–Crippen LogP) is 3.78. The Labute approximate surface area is 114 Å². The van der Waals surface area contributed by atoms with Crippen molar-refractivity contribution < 1.29 is 8.78 Å². The monoisotopic (exact) mass is 267 g/mol. The van der Waals surface area contributed by atoms with Crippen LogP contribution < -0.4 is 5.32 Å². The number of rotatable bonds is 6. The SMILES string of the molecule is CC(C)CNCC1CCC1Cc1ccc(F)cc1F. The van der Waals surface area contributed by atoms with Gasteiger partial charge in [-0.1, -0.05) is 19.9 Å². The number of benzene rings is 1. The van der Waals surface area contributed by atoms with Crippen molar-refractivity contribution in [3.05, 3.63) is 35.4 Å². The zero-order valence-electron chi connectivity index (χ0n) is 11.8. The van der Waals surface area contributed by atoms with Crippen molar-refractivity contribution in [2.24, 2.45) is 17.8 Å². The van der Waals surface area contributed by atoms with Crippen LogP contribution in [-0.2, 0) is 6.42 Å². The Hall–Kier alpha value is -0.960. The number of hydrogen-bond donors (Lipinski definition) is 1. The highest BCUT2D eigenvalue weighted by atomic mass is 19.1.